The Kier molecular flexibility index (Phi) is 5.30. The van der Waals surface area contributed by atoms with Gasteiger partial charge in [0, 0.05) is 31.5 Å². The molecule has 0 radical (unpaired) electrons. The number of aromatic nitrogens is 3. The molecule has 2 unspecified atom stereocenters. The second-order valence-electron chi connectivity index (χ2n) is 8.86. The molecule has 1 saturated carbocycles. The number of nitrogens with zero attached hydrogens (tertiary/aromatic N) is 4. The molecule has 1 saturated heterocycles. The van der Waals surface area contributed by atoms with E-state index in [2.05, 4.69) is 43.9 Å². The first-order valence-corrected chi connectivity index (χ1v) is 12.9. The second-order valence-corrected chi connectivity index (χ2v) is 10.9. The topological polar surface area (TPSA) is 68.1 Å². The predicted molar refractivity (Wildman–Crippen MR) is 122 cm³/mol. The van der Waals surface area contributed by atoms with Gasteiger partial charge in [-0.05, 0) is 60.9 Å². The van der Waals surface area contributed by atoms with Crippen molar-refractivity contribution in [2.45, 2.75) is 37.1 Å². The molecule has 0 bridgehead atoms. The first kappa shape index (κ1) is 20.2. The van der Waals surface area contributed by atoms with Crippen molar-refractivity contribution in [3.05, 3.63) is 60.2 Å². The Morgan fingerprint density at radius 2 is 1.61 bits per heavy atom. The molecule has 1 aliphatic heterocycles. The van der Waals surface area contributed by atoms with E-state index in [9.17, 15) is 8.42 Å². The van der Waals surface area contributed by atoms with E-state index < -0.39 is 9.84 Å². The van der Waals surface area contributed by atoms with E-state index >= 15 is 0 Å². The van der Waals surface area contributed by atoms with E-state index in [0.29, 0.717) is 4.90 Å². The van der Waals surface area contributed by atoms with E-state index in [1.807, 2.05) is 18.2 Å². The van der Waals surface area contributed by atoms with Crippen LogP contribution < -0.4 is 4.90 Å². The van der Waals surface area contributed by atoms with Crippen LogP contribution >= 0.6 is 0 Å². The summed E-state index contributed by atoms with van der Waals surface area (Å²) in [5.41, 5.74) is 2.16. The summed E-state index contributed by atoms with van der Waals surface area (Å²) in [6.45, 7) is 2.89. The van der Waals surface area contributed by atoms with Crippen molar-refractivity contribution in [3.63, 3.8) is 0 Å². The van der Waals surface area contributed by atoms with Gasteiger partial charge in [-0.2, -0.15) is 0 Å². The Labute approximate surface area is 183 Å². The van der Waals surface area contributed by atoms with Gasteiger partial charge in [-0.3, -0.25) is 4.57 Å². The van der Waals surface area contributed by atoms with E-state index in [-0.39, 0.29) is 0 Å². The Morgan fingerprint density at radius 3 is 2.26 bits per heavy atom. The SMILES string of the molecule is CS(=O)(=O)c1ccc(-c2nnc(N3CC4CCCC4C3)n2CCc2ccccc2)cc1. The van der Waals surface area contributed by atoms with Crippen LogP contribution in [0.25, 0.3) is 11.4 Å². The molecule has 5 rings (SSSR count). The van der Waals surface area contributed by atoms with Crippen LogP contribution in [0.3, 0.4) is 0 Å². The number of rotatable bonds is 6. The normalized spacial score (nSPS) is 20.9. The number of hydrogen-bond acceptors (Lipinski definition) is 5. The fraction of sp³-hybridized carbons (Fsp3) is 0.417. The second kappa shape index (κ2) is 8.11. The van der Waals surface area contributed by atoms with E-state index in [1.165, 1.54) is 31.1 Å². The molecule has 1 aromatic heterocycles. The fourth-order valence-corrected chi connectivity index (χ4v) is 5.71. The quantitative estimate of drug-likeness (QED) is 0.587. The minimum Gasteiger partial charge on any atom is -0.340 e. The molecule has 0 spiro atoms. The van der Waals surface area contributed by atoms with Crippen LogP contribution in [0.1, 0.15) is 24.8 Å². The zero-order chi connectivity index (χ0) is 21.4. The van der Waals surface area contributed by atoms with Gasteiger partial charge in [0.2, 0.25) is 5.95 Å². The summed E-state index contributed by atoms with van der Waals surface area (Å²) in [6.07, 6.45) is 6.10. The van der Waals surface area contributed by atoms with Crippen LogP contribution in [-0.4, -0.2) is 42.5 Å². The largest absolute Gasteiger partial charge is 0.340 e. The zero-order valence-electron chi connectivity index (χ0n) is 17.8. The predicted octanol–water partition coefficient (Wildman–Crippen LogP) is 3.83. The van der Waals surface area contributed by atoms with Crippen LogP contribution in [0.4, 0.5) is 5.95 Å². The highest BCUT2D eigenvalue weighted by atomic mass is 32.2. The van der Waals surface area contributed by atoms with Crippen molar-refractivity contribution >= 4 is 15.8 Å². The van der Waals surface area contributed by atoms with E-state index in [4.69, 9.17) is 0 Å². The van der Waals surface area contributed by atoms with Gasteiger partial charge in [-0.15, -0.1) is 10.2 Å². The molecule has 2 aromatic carbocycles. The molecule has 31 heavy (non-hydrogen) atoms. The molecule has 2 aliphatic rings. The van der Waals surface area contributed by atoms with Gasteiger partial charge in [0.25, 0.3) is 0 Å². The third-order valence-electron chi connectivity index (χ3n) is 6.75. The van der Waals surface area contributed by atoms with Gasteiger partial charge in [0.05, 0.1) is 4.90 Å². The Morgan fingerprint density at radius 1 is 0.935 bits per heavy atom. The number of fused-ring (bicyclic) bond motifs is 1. The zero-order valence-corrected chi connectivity index (χ0v) is 18.6. The van der Waals surface area contributed by atoms with Gasteiger partial charge in [0.15, 0.2) is 15.7 Å². The smallest absolute Gasteiger partial charge is 0.227 e. The monoisotopic (exact) mass is 436 g/mol. The molecule has 2 atom stereocenters. The van der Waals surface area contributed by atoms with Gasteiger partial charge in [-0.1, -0.05) is 36.8 Å². The first-order valence-electron chi connectivity index (χ1n) is 11.0. The van der Waals surface area contributed by atoms with Crippen molar-refractivity contribution in [3.8, 4) is 11.4 Å². The average molecular weight is 437 g/mol. The van der Waals surface area contributed by atoms with Gasteiger partial charge in [-0.25, -0.2) is 8.42 Å². The summed E-state index contributed by atoms with van der Waals surface area (Å²) in [5.74, 6) is 3.28. The van der Waals surface area contributed by atoms with Crippen LogP contribution in [0.15, 0.2) is 59.5 Å². The Hall–Kier alpha value is -2.67. The lowest BCUT2D eigenvalue weighted by Gasteiger charge is -2.20. The molecule has 162 valence electrons. The molecule has 1 aliphatic carbocycles. The van der Waals surface area contributed by atoms with Crippen LogP contribution in [0.5, 0.6) is 0 Å². The highest BCUT2D eigenvalue weighted by Crippen LogP contribution is 2.39. The van der Waals surface area contributed by atoms with Crippen LogP contribution in [-0.2, 0) is 22.8 Å². The average Bonchev–Trinajstić information content (AvgIpc) is 3.47. The van der Waals surface area contributed by atoms with E-state index in [0.717, 1.165) is 55.2 Å². The molecule has 0 N–H and O–H groups in total. The van der Waals surface area contributed by atoms with Crippen LogP contribution in [0, 0.1) is 11.8 Å². The summed E-state index contributed by atoms with van der Waals surface area (Å²) in [7, 11) is -3.23. The lowest BCUT2D eigenvalue weighted by Crippen LogP contribution is -2.25. The standard InChI is InChI=1S/C24H28N4O2S/c1-31(29,30)22-12-10-19(11-13-22)23-25-26-24(27-16-20-8-5-9-21(20)17-27)28(23)15-14-18-6-3-2-4-7-18/h2-4,6-7,10-13,20-21H,5,8-9,14-17H2,1H3. The molecular formula is C24H28N4O2S. The number of benzene rings is 2. The van der Waals surface area contributed by atoms with Gasteiger partial charge >= 0.3 is 0 Å². The summed E-state index contributed by atoms with van der Waals surface area (Å²) in [5, 5.41) is 9.16. The number of anilines is 1. The van der Waals surface area contributed by atoms with Gasteiger partial charge < -0.3 is 4.90 Å². The van der Waals surface area contributed by atoms with Gasteiger partial charge in [0.1, 0.15) is 0 Å². The maximum atomic E-state index is 11.8. The third kappa shape index (κ3) is 4.11. The minimum atomic E-state index is -3.23. The summed E-state index contributed by atoms with van der Waals surface area (Å²) >= 11 is 0. The summed E-state index contributed by atoms with van der Waals surface area (Å²) in [6, 6.07) is 17.4. The lowest BCUT2D eigenvalue weighted by molar-refractivity contribution is 0.494. The van der Waals surface area contributed by atoms with Crippen molar-refractivity contribution in [2.75, 3.05) is 24.2 Å². The molecular weight excluding hydrogens is 408 g/mol. The number of sulfone groups is 1. The molecule has 3 aromatic rings. The highest BCUT2D eigenvalue weighted by molar-refractivity contribution is 7.90. The van der Waals surface area contributed by atoms with Crippen molar-refractivity contribution in [1.29, 1.82) is 0 Å². The number of hydrogen-bond donors (Lipinski definition) is 0. The maximum Gasteiger partial charge on any atom is 0.227 e. The molecule has 0 amide bonds. The third-order valence-corrected chi connectivity index (χ3v) is 7.88. The lowest BCUT2D eigenvalue weighted by atomic mass is 10.0. The Balaban J connectivity index is 1.47. The summed E-state index contributed by atoms with van der Waals surface area (Å²) in [4.78, 5) is 2.72. The highest BCUT2D eigenvalue weighted by Gasteiger charge is 2.38. The number of aryl methyl sites for hydroxylation is 1. The minimum absolute atomic E-state index is 0.319. The van der Waals surface area contributed by atoms with E-state index in [1.54, 1.807) is 12.1 Å². The van der Waals surface area contributed by atoms with Crippen molar-refractivity contribution in [1.82, 2.24) is 14.8 Å². The summed E-state index contributed by atoms with van der Waals surface area (Å²) < 4.78 is 25.9. The van der Waals surface area contributed by atoms with Crippen molar-refractivity contribution in [2.24, 2.45) is 11.8 Å². The Bertz CT molecular complexity index is 1140. The van der Waals surface area contributed by atoms with Crippen molar-refractivity contribution < 1.29 is 8.42 Å². The molecule has 2 heterocycles. The first-order chi connectivity index (χ1) is 15.0. The molecule has 6 nitrogen and oxygen atoms in total. The maximum absolute atomic E-state index is 11.8. The van der Waals surface area contributed by atoms with Crippen LogP contribution in [0.2, 0.25) is 0 Å². The fourth-order valence-electron chi connectivity index (χ4n) is 5.08. The molecule has 2 fully saturated rings. The molecule has 7 heteroatoms.